The molecular formula is C35H26ClFN2O6. The van der Waals surface area contributed by atoms with Crippen molar-refractivity contribution in [3.63, 3.8) is 0 Å². The van der Waals surface area contributed by atoms with Crippen LogP contribution >= 0.6 is 11.6 Å². The van der Waals surface area contributed by atoms with E-state index in [4.69, 9.17) is 25.5 Å². The second-order valence-corrected chi connectivity index (χ2v) is 11.3. The third kappa shape index (κ3) is 4.22. The minimum atomic E-state index is -1.86. The molecule has 2 aliphatic heterocycles. The van der Waals surface area contributed by atoms with Gasteiger partial charge in [0.2, 0.25) is 5.76 Å². The van der Waals surface area contributed by atoms with Crippen LogP contribution in [0.3, 0.4) is 0 Å². The van der Waals surface area contributed by atoms with Crippen LogP contribution in [-0.2, 0) is 23.3 Å². The van der Waals surface area contributed by atoms with Gasteiger partial charge in [-0.25, -0.2) is 4.39 Å². The highest BCUT2D eigenvalue weighted by Gasteiger charge is 2.64. The summed E-state index contributed by atoms with van der Waals surface area (Å²) < 4.78 is 31.3. The van der Waals surface area contributed by atoms with Crippen molar-refractivity contribution in [1.29, 1.82) is 0 Å². The number of hydrogen-bond acceptors (Lipinski definition) is 6. The zero-order valence-electron chi connectivity index (χ0n) is 24.3. The molecule has 3 heterocycles. The Kier molecular flexibility index (Phi) is 6.85. The molecule has 1 atom stereocenters. The van der Waals surface area contributed by atoms with E-state index in [1.54, 1.807) is 55.6 Å². The Hall–Kier alpha value is -5.15. The topological polar surface area (TPSA) is 89.3 Å². The van der Waals surface area contributed by atoms with E-state index >= 15 is 0 Å². The Labute approximate surface area is 262 Å². The van der Waals surface area contributed by atoms with E-state index in [1.807, 2.05) is 18.2 Å². The summed E-state index contributed by atoms with van der Waals surface area (Å²) in [7, 11) is 3.07. The highest BCUT2D eigenvalue weighted by atomic mass is 35.5. The lowest BCUT2D eigenvalue weighted by molar-refractivity contribution is -0.126. The van der Waals surface area contributed by atoms with Gasteiger partial charge in [0.25, 0.3) is 11.8 Å². The molecule has 7 rings (SSSR count). The van der Waals surface area contributed by atoms with Crippen molar-refractivity contribution in [1.82, 2.24) is 4.90 Å². The molecule has 0 saturated heterocycles. The number of amides is 2. The van der Waals surface area contributed by atoms with E-state index in [0.29, 0.717) is 39.8 Å². The second-order valence-electron chi connectivity index (χ2n) is 10.9. The van der Waals surface area contributed by atoms with Crippen molar-refractivity contribution in [2.75, 3.05) is 25.7 Å². The molecule has 2 amide bonds. The molecule has 4 aromatic carbocycles. The SMILES string of the molecule is COc1ccc(CCN2C(=O)c3oc4ccc(F)cc4c(=O)c3C23C(=O)N(Cc2ccccc2Cl)c2ccccc23)cc1OC. The summed E-state index contributed by atoms with van der Waals surface area (Å²) in [6, 6.07) is 23.2. The van der Waals surface area contributed by atoms with Crippen LogP contribution in [0, 0.1) is 5.82 Å². The Morgan fingerprint density at radius 3 is 2.42 bits per heavy atom. The summed E-state index contributed by atoms with van der Waals surface area (Å²) in [6.45, 7) is 0.139. The van der Waals surface area contributed by atoms with Gasteiger partial charge >= 0.3 is 0 Å². The molecule has 1 aromatic heterocycles. The van der Waals surface area contributed by atoms with Crippen molar-refractivity contribution >= 4 is 40.1 Å². The van der Waals surface area contributed by atoms with Crippen molar-refractivity contribution in [2.45, 2.75) is 18.5 Å². The van der Waals surface area contributed by atoms with E-state index in [9.17, 15) is 18.8 Å². The van der Waals surface area contributed by atoms with Crippen LogP contribution in [0.25, 0.3) is 11.0 Å². The molecule has 0 bridgehead atoms. The summed E-state index contributed by atoms with van der Waals surface area (Å²) in [5.74, 6) is -0.945. The molecule has 0 N–H and O–H groups in total. The largest absolute Gasteiger partial charge is 0.493 e. The molecule has 5 aromatic rings. The number of ether oxygens (including phenoxy) is 2. The number of para-hydroxylation sites is 1. The van der Waals surface area contributed by atoms with Gasteiger partial charge in [0, 0.05) is 17.1 Å². The fraction of sp³-hybridized carbons (Fsp3) is 0.171. The second kappa shape index (κ2) is 10.8. The van der Waals surface area contributed by atoms with Gasteiger partial charge in [-0.1, -0.05) is 54.1 Å². The van der Waals surface area contributed by atoms with Gasteiger partial charge in [-0.2, -0.15) is 0 Å². The number of anilines is 1. The lowest BCUT2D eigenvalue weighted by Gasteiger charge is -2.34. The zero-order chi connectivity index (χ0) is 31.5. The van der Waals surface area contributed by atoms with E-state index < -0.39 is 28.6 Å². The summed E-state index contributed by atoms with van der Waals surface area (Å²) in [4.78, 5) is 46.5. The molecule has 45 heavy (non-hydrogen) atoms. The van der Waals surface area contributed by atoms with Gasteiger partial charge in [0.15, 0.2) is 22.5 Å². The Balaban J connectivity index is 1.43. The molecular weight excluding hydrogens is 599 g/mol. The molecule has 0 radical (unpaired) electrons. The molecule has 1 unspecified atom stereocenters. The maximum absolute atomic E-state index is 15.0. The van der Waals surface area contributed by atoms with Crippen LogP contribution in [0.5, 0.6) is 11.5 Å². The van der Waals surface area contributed by atoms with Gasteiger partial charge < -0.3 is 23.7 Å². The van der Waals surface area contributed by atoms with E-state index in [2.05, 4.69) is 0 Å². The van der Waals surface area contributed by atoms with E-state index in [1.165, 1.54) is 23.0 Å². The Bertz CT molecular complexity index is 2100. The third-order valence-electron chi connectivity index (χ3n) is 8.56. The molecule has 226 valence electrons. The van der Waals surface area contributed by atoms with Crippen molar-refractivity contribution < 1.29 is 27.9 Å². The van der Waals surface area contributed by atoms with Crippen LogP contribution in [0.2, 0.25) is 5.02 Å². The highest BCUT2D eigenvalue weighted by molar-refractivity contribution is 6.31. The van der Waals surface area contributed by atoms with Crippen LogP contribution in [0.4, 0.5) is 10.1 Å². The number of carbonyl (C=O) groups is 2. The fourth-order valence-electron chi connectivity index (χ4n) is 6.49. The van der Waals surface area contributed by atoms with Gasteiger partial charge in [-0.05, 0) is 60.0 Å². The zero-order valence-corrected chi connectivity index (χ0v) is 25.1. The number of hydrogen-bond donors (Lipinski definition) is 0. The lowest BCUT2D eigenvalue weighted by atomic mass is 9.83. The van der Waals surface area contributed by atoms with E-state index in [-0.39, 0.29) is 35.4 Å². The number of benzene rings is 4. The lowest BCUT2D eigenvalue weighted by Crippen LogP contribution is -2.53. The van der Waals surface area contributed by atoms with Gasteiger partial charge in [-0.3, -0.25) is 14.4 Å². The van der Waals surface area contributed by atoms with E-state index in [0.717, 1.165) is 17.7 Å². The monoisotopic (exact) mass is 624 g/mol. The number of halogens is 2. The van der Waals surface area contributed by atoms with Crippen LogP contribution in [0.15, 0.2) is 94.1 Å². The quantitative estimate of drug-likeness (QED) is 0.218. The van der Waals surface area contributed by atoms with Crippen LogP contribution < -0.4 is 19.8 Å². The maximum atomic E-state index is 15.0. The minimum absolute atomic E-state index is 0.0443. The Morgan fingerprint density at radius 1 is 0.889 bits per heavy atom. The molecule has 1 spiro atoms. The summed E-state index contributed by atoms with van der Waals surface area (Å²) in [5, 5.41) is 0.412. The summed E-state index contributed by atoms with van der Waals surface area (Å²) in [6.07, 6.45) is 0.310. The van der Waals surface area contributed by atoms with Crippen molar-refractivity contribution in [3.05, 3.63) is 134 Å². The molecule has 8 nitrogen and oxygen atoms in total. The third-order valence-corrected chi connectivity index (χ3v) is 8.92. The Morgan fingerprint density at radius 2 is 1.64 bits per heavy atom. The first-order chi connectivity index (χ1) is 21.8. The fourth-order valence-corrected chi connectivity index (χ4v) is 6.69. The molecule has 0 saturated carbocycles. The number of rotatable bonds is 7. The first kappa shape index (κ1) is 28.6. The number of methoxy groups -OCH3 is 2. The van der Waals surface area contributed by atoms with Gasteiger partial charge in [0.1, 0.15) is 11.4 Å². The normalized spacial score (nSPS) is 16.9. The minimum Gasteiger partial charge on any atom is -0.493 e. The average molecular weight is 625 g/mol. The van der Waals surface area contributed by atoms with Crippen LogP contribution in [0.1, 0.15) is 32.8 Å². The maximum Gasteiger partial charge on any atom is 0.291 e. The van der Waals surface area contributed by atoms with Crippen molar-refractivity contribution in [3.8, 4) is 11.5 Å². The first-order valence-electron chi connectivity index (χ1n) is 14.2. The average Bonchev–Trinajstić information content (AvgIpc) is 3.44. The molecule has 0 fully saturated rings. The summed E-state index contributed by atoms with van der Waals surface area (Å²) >= 11 is 6.51. The molecule has 10 heteroatoms. The van der Waals surface area contributed by atoms with Crippen molar-refractivity contribution in [2.24, 2.45) is 0 Å². The predicted octanol–water partition coefficient (Wildman–Crippen LogP) is 6.09. The number of fused-ring (bicyclic) bond motifs is 5. The molecule has 2 aliphatic rings. The van der Waals surface area contributed by atoms with Crippen LogP contribution in [-0.4, -0.2) is 37.5 Å². The van der Waals surface area contributed by atoms with Gasteiger partial charge in [-0.15, -0.1) is 0 Å². The number of carbonyl (C=O) groups excluding carboxylic acids is 2. The predicted molar refractivity (Wildman–Crippen MR) is 167 cm³/mol. The molecule has 0 aliphatic carbocycles. The highest BCUT2D eigenvalue weighted by Crippen LogP contribution is 2.53. The summed E-state index contributed by atoms with van der Waals surface area (Å²) in [5.41, 5.74) is -0.104. The van der Waals surface area contributed by atoms with Gasteiger partial charge in [0.05, 0.1) is 37.4 Å². The first-order valence-corrected chi connectivity index (χ1v) is 14.6. The smallest absolute Gasteiger partial charge is 0.291 e. The number of nitrogens with zero attached hydrogens (tertiary/aromatic N) is 2. The standard InChI is InChI=1S/C35H26ClFN2O6/c1-43-28-13-11-20(17-29(28)44-2)15-16-39-33(41)32-30(31(40)23-18-22(37)12-14-27(23)45-32)35(39)24-8-4-6-10-26(24)38(34(35)42)19-21-7-3-5-9-25(21)36/h3-14,17-18H,15-16,19H2,1-2H3.